The van der Waals surface area contributed by atoms with Crippen LogP contribution in [0.3, 0.4) is 0 Å². The third-order valence-corrected chi connectivity index (χ3v) is 4.14. The Balaban J connectivity index is 1.51. The minimum Gasteiger partial charge on any atom is -0.376 e. The quantitative estimate of drug-likeness (QED) is 0.631. The Morgan fingerprint density at radius 1 is 1.04 bits per heavy atom. The average Bonchev–Trinajstić information content (AvgIpc) is 3.45. The van der Waals surface area contributed by atoms with Gasteiger partial charge in [0.15, 0.2) is 0 Å². The van der Waals surface area contributed by atoms with E-state index in [2.05, 4.69) is 21.3 Å². The average molecular weight is 366 g/mol. The fourth-order valence-corrected chi connectivity index (χ4v) is 2.48. The molecule has 1 saturated carbocycles. The molecule has 2 aromatic carbocycles. The molecule has 7 nitrogen and oxygen atoms in total. The molecule has 0 spiro atoms. The van der Waals surface area contributed by atoms with Gasteiger partial charge in [-0.25, -0.2) is 4.79 Å². The van der Waals surface area contributed by atoms with Crippen LogP contribution in [0.1, 0.15) is 28.8 Å². The van der Waals surface area contributed by atoms with Crippen molar-refractivity contribution in [2.45, 2.75) is 25.8 Å². The van der Waals surface area contributed by atoms with Crippen molar-refractivity contribution in [2.75, 3.05) is 17.2 Å². The molecule has 0 atom stereocenters. The van der Waals surface area contributed by atoms with Crippen LogP contribution >= 0.6 is 0 Å². The molecule has 27 heavy (non-hydrogen) atoms. The largest absolute Gasteiger partial charge is 0.376 e. The van der Waals surface area contributed by atoms with E-state index in [0.29, 0.717) is 16.9 Å². The number of aryl methyl sites for hydroxylation is 1. The molecule has 4 amide bonds. The molecule has 3 rings (SSSR count). The zero-order valence-corrected chi connectivity index (χ0v) is 15.0. The van der Waals surface area contributed by atoms with Crippen LogP contribution in [0.4, 0.5) is 16.2 Å². The van der Waals surface area contributed by atoms with Gasteiger partial charge in [0.2, 0.25) is 5.91 Å². The monoisotopic (exact) mass is 366 g/mol. The summed E-state index contributed by atoms with van der Waals surface area (Å²) < 4.78 is 0. The number of carbonyl (C=O) groups excluding carboxylic acids is 3. The van der Waals surface area contributed by atoms with Crippen LogP contribution in [0.15, 0.2) is 48.5 Å². The molecule has 0 unspecified atom stereocenters. The lowest BCUT2D eigenvalue weighted by Crippen LogP contribution is -2.38. The van der Waals surface area contributed by atoms with E-state index in [1.54, 1.807) is 36.4 Å². The lowest BCUT2D eigenvalue weighted by molar-refractivity contribution is -0.118. The van der Waals surface area contributed by atoms with E-state index >= 15 is 0 Å². The molecular weight excluding hydrogens is 344 g/mol. The van der Waals surface area contributed by atoms with Gasteiger partial charge in [0.1, 0.15) is 0 Å². The Bertz CT molecular complexity index is 848. The number of imide groups is 1. The highest BCUT2D eigenvalue weighted by molar-refractivity contribution is 6.02. The molecule has 140 valence electrons. The number of carbonyl (C=O) groups is 3. The maximum Gasteiger partial charge on any atom is 0.325 e. The minimum absolute atomic E-state index is 0.0866. The number of nitrogens with one attached hydrogen (secondary N) is 4. The van der Waals surface area contributed by atoms with Crippen molar-refractivity contribution in [1.29, 1.82) is 0 Å². The standard InChI is InChI=1S/C20H22N4O3/c1-13-7-8-14(19(26)22-16-9-10-16)11-17(13)21-12-18(25)24-20(27)23-15-5-3-2-4-6-15/h2-8,11,16,21H,9-10,12H2,1H3,(H,22,26)(H2,23,24,25,27). The Morgan fingerprint density at radius 3 is 2.48 bits per heavy atom. The van der Waals surface area contributed by atoms with Gasteiger partial charge in [-0.1, -0.05) is 24.3 Å². The van der Waals surface area contributed by atoms with Crippen LogP contribution < -0.4 is 21.3 Å². The Labute approximate surface area is 157 Å². The highest BCUT2D eigenvalue weighted by Crippen LogP contribution is 2.21. The van der Waals surface area contributed by atoms with Gasteiger partial charge in [0.05, 0.1) is 6.54 Å². The first-order chi connectivity index (χ1) is 13.0. The molecule has 0 bridgehead atoms. The van der Waals surface area contributed by atoms with Gasteiger partial charge >= 0.3 is 6.03 Å². The Morgan fingerprint density at radius 2 is 1.78 bits per heavy atom. The minimum atomic E-state index is -0.595. The van der Waals surface area contributed by atoms with Crippen LogP contribution in [0.2, 0.25) is 0 Å². The molecule has 1 aliphatic carbocycles. The van der Waals surface area contributed by atoms with Crippen molar-refractivity contribution in [1.82, 2.24) is 10.6 Å². The van der Waals surface area contributed by atoms with Crippen LogP contribution in [0.25, 0.3) is 0 Å². The van der Waals surface area contributed by atoms with Crippen LogP contribution in [0, 0.1) is 6.92 Å². The molecule has 1 fully saturated rings. The molecule has 0 saturated heterocycles. The van der Waals surface area contributed by atoms with E-state index in [1.807, 2.05) is 19.1 Å². The predicted octanol–water partition coefficient (Wildman–Crippen LogP) is 2.65. The highest BCUT2D eigenvalue weighted by atomic mass is 16.2. The van der Waals surface area contributed by atoms with Crippen LogP contribution in [-0.2, 0) is 4.79 Å². The zero-order valence-electron chi connectivity index (χ0n) is 15.0. The van der Waals surface area contributed by atoms with Crippen molar-refractivity contribution >= 4 is 29.2 Å². The molecule has 1 aliphatic rings. The third kappa shape index (κ3) is 5.57. The molecule has 0 radical (unpaired) electrons. The summed E-state index contributed by atoms with van der Waals surface area (Å²) in [7, 11) is 0. The number of hydrogen-bond acceptors (Lipinski definition) is 4. The molecule has 0 aliphatic heterocycles. The van der Waals surface area contributed by atoms with Crippen molar-refractivity contribution < 1.29 is 14.4 Å². The topological polar surface area (TPSA) is 99.3 Å². The summed E-state index contributed by atoms with van der Waals surface area (Å²) in [4.78, 5) is 36.0. The summed E-state index contributed by atoms with van der Waals surface area (Å²) in [6.07, 6.45) is 2.04. The van der Waals surface area contributed by atoms with E-state index in [0.717, 1.165) is 18.4 Å². The summed E-state index contributed by atoms with van der Waals surface area (Å²) in [6, 6.07) is 13.8. The number of urea groups is 1. The maximum atomic E-state index is 12.1. The summed E-state index contributed by atoms with van der Waals surface area (Å²) >= 11 is 0. The number of benzene rings is 2. The van der Waals surface area contributed by atoms with Gasteiger partial charge in [-0.15, -0.1) is 0 Å². The van der Waals surface area contributed by atoms with Crippen molar-refractivity contribution in [3.05, 3.63) is 59.7 Å². The number of amides is 4. The predicted molar refractivity (Wildman–Crippen MR) is 104 cm³/mol. The van der Waals surface area contributed by atoms with E-state index in [1.165, 1.54) is 0 Å². The summed E-state index contributed by atoms with van der Waals surface area (Å²) in [6.45, 7) is 1.79. The maximum absolute atomic E-state index is 12.1. The van der Waals surface area contributed by atoms with Crippen molar-refractivity contribution in [3.8, 4) is 0 Å². The lowest BCUT2D eigenvalue weighted by atomic mass is 10.1. The molecule has 0 aromatic heterocycles. The first-order valence-corrected chi connectivity index (χ1v) is 8.82. The SMILES string of the molecule is Cc1ccc(C(=O)NC2CC2)cc1NCC(=O)NC(=O)Nc1ccccc1. The molecule has 4 N–H and O–H groups in total. The smallest absolute Gasteiger partial charge is 0.325 e. The normalized spacial score (nSPS) is 12.8. The Hall–Kier alpha value is -3.35. The van der Waals surface area contributed by atoms with Gasteiger partial charge < -0.3 is 16.0 Å². The van der Waals surface area contributed by atoms with Gasteiger partial charge in [-0.2, -0.15) is 0 Å². The van der Waals surface area contributed by atoms with Gasteiger partial charge in [0.25, 0.3) is 5.91 Å². The molecule has 7 heteroatoms. The number of rotatable bonds is 6. The van der Waals surface area contributed by atoms with Crippen LogP contribution in [-0.4, -0.2) is 30.4 Å². The van der Waals surface area contributed by atoms with Crippen molar-refractivity contribution in [2.24, 2.45) is 0 Å². The number of para-hydroxylation sites is 1. The van der Waals surface area contributed by atoms with Gasteiger partial charge in [0, 0.05) is 23.0 Å². The fourth-order valence-electron chi connectivity index (χ4n) is 2.48. The first-order valence-electron chi connectivity index (χ1n) is 8.82. The Kier molecular flexibility index (Phi) is 5.71. The van der Waals surface area contributed by atoms with Gasteiger partial charge in [-0.3, -0.25) is 14.9 Å². The van der Waals surface area contributed by atoms with E-state index in [-0.39, 0.29) is 18.5 Å². The number of hydrogen-bond donors (Lipinski definition) is 4. The number of anilines is 2. The van der Waals surface area contributed by atoms with E-state index in [4.69, 9.17) is 0 Å². The third-order valence-electron chi connectivity index (χ3n) is 4.14. The zero-order chi connectivity index (χ0) is 19.2. The second kappa shape index (κ2) is 8.35. The molecule has 0 heterocycles. The van der Waals surface area contributed by atoms with Crippen molar-refractivity contribution in [3.63, 3.8) is 0 Å². The summed E-state index contributed by atoms with van der Waals surface area (Å²) in [5.74, 6) is -0.595. The molecular formula is C20H22N4O3. The lowest BCUT2D eigenvalue weighted by Gasteiger charge is -2.12. The summed E-state index contributed by atoms with van der Waals surface area (Å²) in [5.41, 5.74) is 2.72. The second-order valence-electron chi connectivity index (χ2n) is 6.50. The second-order valence-corrected chi connectivity index (χ2v) is 6.50. The van der Waals surface area contributed by atoms with E-state index in [9.17, 15) is 14.4 Å². The van der Waals surface area contributed by atoms with Crippen LogP contribution in [0.5, 0.6) is 0 Å². The molecule has 2 aromatic rings. The van der Waals surface area contributed by atoms with E-state index < -0.39 is 11.9 Å². The first kappa shape index (κ1) is 18.4. The highest BCUT2D eigenvalue weighted by Gasteiger charge is 2.24. The van der Waals surface area contributed by atoms with Gasteiger partial charge in [-0.05, 0) is 49.6 Å². The summed E-state index contributed by atoms with van der Waals surface area (Å²) in [5, 5.41) is 10.7. The fraction of sp³-hybridized carbons (Fsp3) is 0.250.